The van der Waals surface area contributed by atoms with Crippen molar-refractivity contribution in [3.8, 4) is 0 Å². The largest absolute Gasteiger partial charge is 0.472 e. The molecule has 3 unspecified atom stereocenters. The summed E-state index contributed by atoms with van der Waals surface area (Å²) in [5.74, 6) is -0.173. The first-order chi connectivity index (χ1) is 36.5. The number of hydrogen-bond acceptors (Lipinski definition) is 5. The van der Waals surface area contributed by atoms with Crippen LogP contribution >= 0.6 is 7.82 Å². The molecule has 444 valence electrons. The van der Waals surface area contributed by atoms with Crippen LogP contribution in [0.25, 0.3) is 0 Å². The second-order valence-corrected chi connectivity index (χ2v) is 25.3. The number of aliphatic hydroxyl groups excluding tert-OH is 1. The summed E-state index contributed by atoms with van der Waals surface area (Å²) in [4.78, 5) is 23.4. The number of carbonyl (C=O) groups is 1. The quantitative estimate of drug-likeness (QED) is 0.0243. The lowest BCUT2D eigenvalue weighted by Crippen LogP contribution is -2.45. The highest BCUT2D eigenvalue weighted by atomic mass is 31.2. The molecule has 8 nitrogen and oxygen atoms in total. The van der Waals surface area contributed by atoms with Crippen molar-refractivity contribution in [3.63, 3.8) is 0 Å². The van der Waals surface area contributed by atoms with Gasteiger partial charge in [0.2, 0.25) is 5.91 Å². The summed E-state index contributed by atoms with van der Waals surface area (Å²) < 4.78 is 23.8. The summed E-state index contributed by atoms with van der Waals surface area (Å²) in [5, 5.41) is 14.0. The highest BCUT2D eigenvalue weighted by molar-refractivity contribution is 7.47. The van der Waals surface area contributed by atoms with Crippen LogP contribution in [0.5, 0.6) is 0 Å². The second kappa shape index (κ2) is 57.4. The maximum absolute atomic E-state index is 13.0. The number of amides is 1. The number of aliphatic hydroxyl groups is 1. The van der Waals surface area contributed by atoms with Gasteiger partial charge in [0.1, 0.15) is 13.2 Å². The molecule has 0 saturated carbocycles. The zero-order valence-corrected chi connectivity index (χ0v) is 51.7. The van der Waals surface area contributed by atoms with Crippen LogP contribution in [0.2, 0.25) is 0 Å². The van der Waals surface area contributed by atoms with Crippen LogP contribution in [0.3, 0.4) is 0 Å². The van der Waals surface area contributed by atoms with E-state index < -0.39 is 20.0 Å². The summed E-state index contributed by atoms with van der Waals surface area (Å²) in [5.41, 5.74) is 0. The Morgan fingerprint density at radius 1 is 0.453 bits per heavy atom. The number of rotatable bonds is 61. The number of allylic oxidation sites excluding steroid dienone is 5. The fourth-order valence-corrected chi connectivity index (χ4v) is 10.7. The van der Waals surface area contributed by atoms with Crippen molar-refractivity contribution in [1.29, 1.82) is 0 Å². The van der Waals surface area contributed by atoms with E-state index in [1.165, 1.54) is 263 Å². The summed E-state index contributed by atoms with van der Waals surface area (Å²) in [6.45, 7) is 4.86. The number of carbonyl (C=O) groups excluding carboxylic acids is 1. The molecule has 3 N–H and O–H groups in total. The predicted molar refractivity (Wildman–Crippen MR) is 328 cm³/mol. The van der Waals surface area contributed by atoms with E-state index in [0.29, 0.717) is 17.4 Å². The first-order valence-electron chi connectivity index (χ1n) is 32.9. The van der Waals surface area contributed by atoms with Crippen molar-refractivity contribution in [2.24, 2.45) is 0 Å². The van der Waals surface area contributed by atoms with Crippen LogP contribution in [0.4, 0.5) is 0 Å². The molecule has 0 spiro atoms. The van der Waals surface area contributed by atoms with Gasteiger partial charge in [-0.2, -0.15) is 0 Å². The van der Waals surface area contributed by atoms with Crippen molar-refractivity contribution in [2.75, 3.05) is 40.9 Å². The molecule has 0 aromatic rings. The van der Waals surface area contributed by atoms with Gasteiger partial charge in [0, 0.05) is 6.42 Å². The number of hydrogen-bond donors (Lipinski definition) is 3. The minimum absolute atomic E-state index is 0.0625. The Morgan fingerprint density at radius 2 is 0.760 bits per heavy atom. The fourth-order valence-electron chi connectivity index (χ4n) is 9.96. The first-order valence-corrected chi connectivity index (χ1v) is 34.4. The van der Waals surface area contributed by atoms with E-state index in [9.17, 15) is 19.4 Å². The molecule has 0 saturated heterocycles. The van der Waals surface area contributed by atoms with Gasteiger partial charge in [0.15, 0.2) is 0 Å². The van der Waals surface area contributed by atoms with Gasteiger partial charge in [-0.25, -0.2) is 4.57 Å². The van der Waals surface area contributed by atoms with Crippen LogP contribution in [0.1, 0.15) is 328 Å². The van der Waals surface area contributed by atoms with Gasteiger partial charge in [0.05, 0.1) is 39.9 Å². The lowest BCUT2D eigenvalue weighted by atomic mass is 10.0. The lowest BCUT2D eigenvalue weighted by molar-refractivity contribution is -0.870. The molecule has 0 fully saturated rings. The molecule has 0 heterocycles. The lowest BCUT2D eigenvalue weighted by Gasteiger charge is -2.25. The van der Waals surface area contributed by atoms with Crippen LogP contribution in [-0.4, -0.2) is 73.4 Å². The predicted octanol–water partition coefficient (Wildman–Crippen LogP) is 20.5. The molecule has 0 aliphatic carbocycles. The maximum atomic E-state index is 13.0. The van der Waals surface area contributed by atoms with Crippen LogP contribution in [0.15, 0.2) is 36.5 Å². The van der Waals surface area contributed by atoms with Crippen molar-refractivity contribution in [3.05, 3.63) is 36.5 Å². The molecule has 3 atom stereocenters. The fraction of sp³-hybridized carbons (Fsp3) is 0.894. The molecule has 0 radical (unpaired) electrons. The molecule has 0 aliphatic heterocycles. The summed E-state index contributed by atoms with van der Waals surface area (Å²) >= 11 is 0. The van der Waals surface area contributed by atoms with Crippen molar-refractivity contribution in [1.82, 2.24) is 5.32 Å². The summed E-state index contributed by atoms with van der Waals surface area (Å²) in [6, 6.07) is -0.848. The number of nitrogens with zero attached hydrogens (tertiary/aromatic N) is 1. The Bertz CT molecular complexity index is 1320. The average Bonchev–Trinajstić information content (AvgIpc) is 3.37. The zero-order chi connectivity index (χ0) is 54.9. The molecular formula is C66H130N2O6P+. The van der Waals surface area contributed by atoms with Crippen molar-refractivity contribution in [2.45, 2.75) is 341 Å². The van der Waals surface area contributed by atoms with E-state index in [2.05, 4.69) is 43.5 Å². The van der Waals surface area contributed by atoms with Crippen LogP contribution in [-0.2, 0) is 18.4 Å². The van der Waals surface area contributed by atoms with Crippen molar-refractivity contribution < 1.29 is 32.9 Å². The third-order valence-corrected chi connectivity index (χ3v) is 16.1. The van der Waals surface area contributed by atoms with E-state index in [0.717, 1.165) is 44.9 Å². The number of phosphoric ester groups is 1. The summed E-state index contributed by atoms with van der Waals surface area (Å²) in [6.07, 6.45) is 75.5. The minimum atomic E-state index is -4.35. The Morgan fingerprint density at radius 3 is 1.09 bits per heavy atom. The maximum Gasteiger partial charge on any atom is 0.472 e. The van der Waals surface area contributed by atoms with Gasteiger partial charge in [-0.1, -0.05) is 307 Å². The molecule has 0 rings (SSSR count). The van der Waals surface area contributed by atoms with E-state index in [1.807, 2.05) is 27.2 Å². The standard InChI is InChI=1S/C66H129N2O6P/c1-6-8-10-12-14-16-18-20-22-24-26-28-30-32-33-34-35-36-38-40-42-44-46-48-50-52-54-56-58-60-66(70)67-64(63-74-75(71,72)73-62-61-68(3,4)5)65(69)59-57-55-53-51-49-47-45-43-41-39-37-31-29-27-25-23-21-19-17-15-13-11-9-7-2/h26,28,32-33,57,59,64-65,69H,6-25,27,29-31,34-56,58,60-63H2,1-5H3,(H-,67,70,71,72)/p+1/b28-26-,33-32-,59-57+. The van der Waals surface area contributed by atoms with Gasteiger partial charge in [-0.05, 0) is 51.4 Å². The average molecular weight is 1080 g/mol. The number of phosphoric acid groups is 1. The molecule has 0 bridgehead atoms. The molecule has 9 heteroatoms. The van der Waals surface area contributed by atoms with Gasteiger partial charge < -0.3 is 19.8 Å². The van der Waals surface area contributed by atoms with E-state index in [-0.39, 0.29) is 19.1 Å². The Hall–Kier alpha value is -1.28. The number of likely N-dealkylation sites (N-methyl/N-ethyl adjacent to an activating group) is 1. The Balaban J connectivity index is 4.11. The zero-order valence-electron chi connectivity index (χ0n) is 50.8. The highest BCUT2D eigenvalue weighted by Gasteiger charge is 2.28. The summed E-state index contributed by atoms with van der Waals surface area (Å²) in [7, 11) is 1.58. The minimum Gasteiger partial charge on any atom is -0.387 e. The number of unbranched alkanes of at least 4 members (excludes halogenated alkanes) is 44. The van der Waals surface area contributed by atoms with Gasteiger partial charge in [-0.15, -0.1) is 0 Å². The SMILES string of the molecule is CCCCCCCCCCC/C=C\C/C=C\CCCCCCCCCCCCCCCC(=O)NC(COP(=O)(O)OCC[N+](C)(C)C)C(O)/C=C/CCCCCCCCCCCCCCCCCCCCCCCC. The van der Waals surface area contributed by atoms with E-state index in [1.54, 1.807) is 6.08 Å². The third-order valence-electron chi connectivity index (χ3n) is 15.1. The molecule has 0 aromatic carbocycles. The smallest absolute Gasteiger partial charge is 0.387 e. The Labute approximate surface area is 467 Å². The van der Waals surface area contributed by atoms with Gasteiger partial charge in [-0.3, -0.25) is 13.8 Å². The second-order valence-electron chi connectivity index (χ2n) is 23.8. The normalized spacial score (nSPS) is 14.0. The topological polar surface area (TPSA) is 105 Å². The van der Waals surface area contributed by atoms with Crippen LogP contribution < -0.4 is 5.32 Å². The molecular weight excluding hydrogens is 948 g/mol. The highest BCUT2D eigenvalue weighted by Crippen LogP contribution is 2.43. The van der Waals surface area contributed by atoms with E-state index in [4.69, 9.17) is 9.05 Å². The molecule has 1 amide bonds. The molecule has 75 heavy (non-hydrogen) atoms. The molecule has 0 aliphatic rings. The number of nitrogens with one attached hydrogen (secondary N) is 1. The Kier molecular flexibility index (Phi) is 56.4. The monoisotopic (exact) mass is 1080 g/mol. The van der Waals surface area contributed by atoms with Crippen LogP contribution in [0, 0.1) is 0 Å². The van der Waals surface area contributed by atoms with E-state index >= 15 is 0 Å². The number of quaternary nitrogens is 1. The third kappa shape index (κ3) is 60.2. The van der Waals surface area contributed by atoms with Gasteiger partial charge >= 0.3 is 7.82 Å². The van der Waals surface area contributed by atoms with Crippen molar-refractivity contribution >= 4 is 13.7 Å². The first kappa shape index (κ1) is 73.7. The van der Waals surface area contributed by atoms with Gasteiger partial charge in [0.25, 0.3) is 0 Å². The molecule has 0 aromatic heterocycles.